The number of rotatable bonds is 8. The molecule has 0 aliphatic carbocycles. The summed E-state index contributed by atoms with van der Waals surface area (Å²) in [7, 11) is 0. The van der Waals surface area contributed by atoms with Gasteiger partial charge in [0.2, 0.25) is 0 Å². The van der Waals surface area contributed by atoms with Crippen LogP contribution in [0.3, 0.4) is 0 Å². The Labute approximate surface area is 112 Å². The predicted octanol–water partition coefficient (Wildman–Crippen LogP) is 1.09. The van der Waals surface area contributed by atoms with Crippen molar-refractivity contribution in [3.05, 3.63) is 0 Å². The third-order valence-corrected chi connectivity index (χ3v) is 3.48. The lowest BCUT2D eigenvalue weighted by Crippen LogP contribution is -2.35. The molecule has 0 aromatic rings. The van der Waals surface area contributed by atoms with Gasteiger partial charge >= 0.3 is 0 Å². The van der Waals surface area contributed by atoms with Crippen LogP contribution in [-0.4, -0.2) is 61.0 Å². The van der Waals surface area contributed by atoms with Crippen molar-refractivity contribution in [1.29, 1.82) is 0 Å². The van der Waals surface area contributed by atoms with Gasteiger partial charge in [-0.1, -0.05) is 0 Å². The molecule has 0 aromatic heterocycles. The molecule has 0 bridgehead atoms. The Morgan fingerprint density at radius 1 is 1.33 bits per heavy atom. The maximum absolute atomic E-state index is 9.71. The molecule has 0 spiro atoms. The minimum atomic E-state index is -0.394. The first-order chi connectivity index (χ1) is 8.49. The van der Waals surface area contributed by atoms with E-state index in [2.05, 4.69) is 24.1 Å². The van der Waals surface area contributed by atoms with Gasteiger partial charge in [-0.25, -0.2) is 0 Å². The van der Waals surface area contributed by atoms with E-state index in [9.17, 15) is 5.11 Å². The predicted molar refractivity (Wildman–Crippen MR) is 74.8 cm³/mol. The van der Waals surface area contributed by atoms with Crippen molar-refractivity contribution in [2.24, 2.45) is 5.92 Å². The van der Waals surface area contributed by atoms with Crippen molar-refractivity contribution in [3.63, 3.8) is 0 Å². The van der Waals surface area contributed by atoms with Gasteiger partial charge in [-0.05, 0) is 53.1 Å². The molecule has 2 unspecified atom stereocenters. The van der Waals surface area contributed by atoms with Gasteiger partial charge in [0.1, 0.15) is 0 Å². The first-order valence-electron chi connectivity index (χ1n) is 7.23. The van der Waals surface area contributed by atoms with Crippen molar-refractivity contribution in [3.8, 4) is 0 Å². The summed E-state index contributed by atoms with van der Waals surface area (Å²) in [6.45, 7) is 12.9. The van der Waals surface area contributed by atoms with Crippen molar-refractivity contribution in [1.82, 2.24) is 10.2 Å². The minimum Gasteiger partial charge on any atom is -0.389 e. The third-order valence-electron chi connectivity index (χ3n) is 3.48. The minimum absolute atomic E-state index is 0.189. The zero-order valence-corrected chi connectivity index (χ0v) is 12.4. The van der Waals surface area contributed by atoms with Crippen LogP contribution in [0.4, 0.5) is 0 Å². The number of hydrogen-bond acceptors (Lipinski definition) is 4. The Hall–Kier alpha value is -0.160. The van der Waals surface area contributed by atoms with Crippen LogP contribution in [0.25, 0.3) is 0 Å². The normalized spacial score (nSPS) is 23.2. The molecule has 1 aliphatic heterocycles. The standard InChI is InChI=1S/C14H30N2O2/c1-11(2)16-6-5-13(9-16)7-15-8-14(17)10-18-12(3)4/h11-15,17H,5-10H2,1-4H3. The van der Waals surface area contributed by atoms with E-state index in [1.165, 1.54) is 19.5 Å². The number of aliphatic hydroxyl groups excluding tert-OH is 1. The van der Waals surface area contributed by atoms with Crippen molar-refractivity contribution >= 4 is 0 Å². The van der Waals surface area contributed by atoms with Gasteiger partial charge < -0.3 is 20.1 Å². The summed E-state index contributed by atoms with van der Waals surface area (Å²) < 4.78 is 5.38. The van der Waals surface area contributed by atoms with Gasteiger partial charge in [-0.3, -0.25) is 0 Å². The topological polar surface area (TPSA) is 44.7 Å². The van der Waals surface area contributed by atoms with Gasteiger partial charge in [0, 0.05) is 19.1 Å². The molecule has 2 N–H and O–H groups in total. The Morgan fingerprint density at radius 2 is 2.06 bits per heavy atom. The van der Waals surface area contributed by atoms with Crippen LogP contribution in [0.5, 0.6) is 0 Å². The summed E-state index contributed by atoms with van der Waals surface area (Å²) in [5.74, 6) is 0.727. The molecule has 1 rings (SSSR count). The van der Waals surface area contributed by atoms with Crippen LogP contribution < -0.4 is 5.32 Å². The Morgan fingerprint density at radius 3 is 2.61 bits per heavy atom. The number of hydrogen-bond donors (Lipinski definition) is 2. The lowest BCUT2D eigenvalue weighted by Gasteiger charge is -2.20. The maximum Gasteiger partial charge on any atom is 0.0897 e. The van der Waals surface area contributed by atoms with Gasteiger partial charge in [0.15, 0.2) is 0 Å². The van der Waals surface area contributed by atoms with Crippen LogP contribution in [0.2, 0.25) is 0 Å². The summed E-state index contributed by atoms with van der Waals surface area (Å²) in [6.07, 6.45) is 1.06. The van der Waals surface area contributed by atoms with Crippen molar-refractivity contribution in [2.75, 3.05) is 32.8 Å². The summed E-state index contributed by atoms with van der Waals surface area (Å²) >= 11 is 0. The fraction of sp³-hybridized carbons (Fsp3) is 1.00. The average Bonchev–Trinajstić information content (AvgIpc) is 2.75. The molecule has 0 aromatic carbocycles. The van der Waals surface area contributed by atoms with E-state index >= 15 is 0 Å². The molecule has 1 aliphatic rings. The van der Waals surface area contributed by atoms with Crippen LogP contribution in [-0.2, 0) is 4.74 Å². The molecular weight excluding hydrogens is 228 g/mol. The molecule has 4 heteroatoms. The molecule has 18 heavy (non-hydrogen) atoms. The van der Waals surface area contributed by atoms with Crippen molar-refractivity contribution in [2.45, 2.75) is 52.4 Å². The molecule has 1 saturated heterocycles. The summed E-state index contributed by atoms with van der Waals surface area (Å²) in [4.78, 5) is 2.52. The molecule has 0 saturated carbocycles. The fourth-order valence-electron chi connectivity index (χ4n) is 2.31. The zero-order chi connectivity index (χ0) is 13.5. The van der Waals surface area contributed by atoms with E-state index in [1.807, 2.05) is 13.8 Å². The maximum atomic E-state index is 9.71. The van der Waals surface area contributed by atoms with Gasteiger partial charge in [-0.2, -0.15) is 0 Å². The number of aliphatic hydroxyl groups is 1. The monoisotopic (exact) mass is 258 g/mol. The highest BCUT2D eigenvalue weighted by Gasteiger charge is 2.23. The lowest BCUT2D eigenvalue weighted by atomic mass is 10.1. The first-order valence-corrected chi connectivity index (χ1v) is 7.23. The zero-order valence-electron chi connectivity index (χ0n) is 12.4. The third kappa shape index (κ3) is 6.14. The fourth-order valence-corrected chi connectivity index (χ4v) is 2.31. The Balaban J connectivity index is 2.04. The van der Waals surface area contributed by atoms with E-state index in [0.29, 0.717) is 19.2 Å². The van der Waals surface area contributed by atoms with Crippen molar-refractivity contribution < 1.29 is 9.84 Å². The van der Waals surface area contributed by atoms with E-state index in [1.54, 1.807) is 0 Å². The van der Waals surface area contributed by atoms with E-state index in [-0.39, 0.29) is 6.10 Å². The number of nitrogens with zero attached hydrogens (tertiary/aromatic N) is 1. The highest BCUT2D eigenvalue weighted by atomic mass is 16.5. The molecule has 108 valence electrons. The quantitative estimate of drug-likeness (QED) is 0.684. The van der Waals surface area contributed by atoms with E-state index < -0.39 is 6.10 Å². The van der Waals surface area contributed by atoms with Crippen LogP contribution in [0.15, 0.2) is 0 Å². The molecule has 1 fully saturated rings. The Kier molecular flexibility index (Phi) is 7.15. The second-order valence-corrected chi connectivity index (χ2v) is 5.94. The summed E-state index contributed by atoms with van der Waals surface area (Å²) in [5, 5.41) is 13.1. The second-order valence-electron chi connectivity index (χ2n) is 5.94. The van der Waals surface area contributed by atoms with Gasteiger partial charge in [0.25, 0.3) is 0 Å². The highest BCUT2D eigenvalue weighted by molar-refractivity contribution is 4.79. The first kappa shape index (κ1) is 15.9. The SMILES string of the molecule is CC(C)OCC(O)CNCC1CCN(C(C)C)C1. The van der Waals surface area contributed by atoms with Crippen LogP contribution >= 0.6 is 0 Å². The summed E-state index contributed by atoms with van der Waals surface area (Å²) in [6, 6.07) is 0.653. The highest BCUT2D eigenvalue weighted by Crippen LogP contribution is 2.17. The van der Waals surface area contributed by atoms with E-state index in [0.717, 1.165) is 12.5 Å². The summed E-state index contributed by atoms with van der Waals surface area (Å²) in [5.41, 5.74) is 0. The smallest absolute Gasteiger partial charge is 0.0897 e. The number of nitrogens with one attached hydrogen (secondary N) is 1. The van der Waals surface area contributed by atoms with Crippen LogP contribution in [0.1, 0.15) is 34.1 Å². The van der Waals surface area contributed by atoms with Gasteiger partial charge in [-0.15, -0.1) is 0 Å². The number of ether oxygens (including phenoxy) is 1. The number of likely N-dealkylation sites (tertiary alicyclic amines) is 1. The van der Waals surface area contributed by atoms with Gasteiger partial charge in [0.05, 0.1) is 18.8 Å². The molecule has 4 nitrogen and oxygen atoms in total. The average molecular weight is 258 g/mol. The lowest BCUT2D eigenvalue weighted by molar-refractivity contribution is 0.00617. The molecule has 0 amide bonds. The largest absolute Gasteiger partial charge is 0.389 e. The Bertz CT molecular complexity index is 222. The molecule has 2 atom stereocenters. The van der Waals surface area contributed by atoms with Crippen LogP contribution in [0, 0.1) is 5.92 Å². The molecular formula is C14H30N2O2. The second kappa shape index (κ2) is 8.10. The molecule has 0 radical (unpaired) electrons. The molecule has 1 heterocycles. The van der Waals surface area contributed by atoms with E-state index in [4.69, 9.17) is 4.74 Å².